The molecule has 4 N–H and O–H groups in total. The zero-order chi connectivity index (χ0) is 14.6. The standard InChI is InChI=1S/C11H12N4O3S2/c12-10(16)6-19-9-4-2-1-3-8(9)15-20(17,18)11-5-13-7-14-11/h1-5,7,15H,6H2,(H2,12,16)(H,13,14). The van der Waals surface area contributed by atoms with Crippen molar-refractivity contribution >= 4 is 33.4 Å². The number of nitrogens with one attached hydrogen (secondary N) is 2. The average Bonchev–Trinajstić information content (AvgIpc) is 2.92. The summed E-state index contributed by atoms with van der Waals surface area (Å²) in [6.45, 7) is 0. The van der Waals surface area contributed by atoms with Gasteiger partial charge in [-0.3, -0.25) is 9.52 Å². The molecule has 1 aromatic heterocycles. The van der Waals surface area contributed by atoms with E-state index >= 15 is 0 Å². The number of benzene rings is 1. The predicted molar refractivity (Wildman–Crippen MR) is 75.8 cm³/mol. The van der Waals surface area contributed by atoms with Gasteiger partial charge in [0.25, 0.3) is 10.0 Å². The maximum Gasteiger partial charge on any atom is 0.279 e. The summed E-state index contributed by atoms with van der Waals surface area (Å²) in [5.41, 5.74) is 5.47. The van der Waals surface area contributed by atoms with Gasteiger partial charge in [0, 0.05) is 4.90 Å². The van der Waals surface area contributed by atoms with Crippen LogP contribution in [-0.2, 0) is 14.8 Å². The van der Waals surface area contributed by atoms with Gasteiger partial charge in [-0.15, -0.1) is 11.8 Å². The van der Waals surface area contributed by atoms with E-state index < -0.39 is 15.9 Å². The van der Waals surface area contributed by atoms with Gasteiger partial charge in [-0.2, -0.15) is 8.42 Å². The average molecular weight is 312 g/mol. The van der Waals surface area contributed by atoms with E-state index in [1.165, 1.54) is 24.3 Å². The molecule has 7 nitrogen and oxygen atoms in total. The van der Waals surface area contributed by atoms with Crippen molar-refractivity contribution in [2.45, 2.75) is 9.92 Å². The molecule has 0 saturated heterocycles. The number of nitrogens with two attached hydrogens (primary N) is 1. The highest BCUT2D eigenvalue weighted by molar-refractivity contribution is 8.00. The zero-order valence-electron chi connectivity index (χ0n) is 10.2. The third-order valence-electron chi connectivity index (χ3n) is 2.26. The Hall–Kier alpha value is -2.00. The minimum Gasteiger partial charge on any atom is -0.369 e. The van der Waals surface area contributed by atoms with E-state index in [0.29, 0.717) is 10.6 Å². The summed E-state index contributed by atoms with van der Waals surface area (Å²) < 4.78 is 26.6. The smallest absolute Gasteiger partial charge is 0.279 e. The topological polar surface area (TPSA) is 118 Å². The fraction of sp³-hybridized carbons (Fsp3) is 0.0909. The molecule has 1 amide bonds. The van der Waals surface area contributed by atoms with Crippen LogP contribution in [0.4, 0.5) is 5.69 Å². The second-order valence-corrected chi connectivity index (χ2v) is 6.44. The number of hydrogen-bond donors (Lipinski definition) is 3. The Labute approximate surface area is 120 Å². The SMILES string of the molecule is NC(=O)CSc1ccccc1NS(=O)(=O)c1cnc[nH]1. The van der Waals surface area contributed by atoms with Crippen molar-refractivity contribution < 1.29 is 13.2 Å². The van der Waals surface area contributed by atoms with Crippen LogP contribution >= 0.6 is 11.8 Å². The Morgan fingerprint density at radius 3 is 2.80 bits per heavy atom. The van der Waals surface area contributed by atoms with Crippen molar-refractivity contribution in [1.82, 2.24) is 9.97 Å². The number of imidazole rings is 1. The first-order valence-electron chi connectivity index (χ1n) is 5.50. The van der Waals surface area contributed by atoms with Gasteiger partial charge in [0.1, 0.15) is 0 Å². The van der Waals surface area contributed by atoms with Gasteiger partial charge in [-0.1, -0.05) is 12.1 Å². The highest BCUT2D eigenvalue weighted by Gasteiger charge is 2.17. The molecule has 2 rings (SSSR count). The van der Waals surface area contributed by atoms with Gasteiger partial charge >= 0.3 is 0 Å². The molecule has 0 fully saturated rings. The fourth-order valence-corrected chi connectivity index (χ4v) is 3.21. The molecule has 0 aliphatic carbocycles. The minimum atomic E-state index is -3.73. The van der Waals surface area contributed by atoms with E-state index in [0.717, 1.165) is 0 Å². The number of aromatic amines is 1. The Morgan fingerprint density at radius 1 is 1.40 bits per heavy atom. The van der Waals surface area contributed by atoms with Gasteiger partial charge in [-0.25, -0.2) is 4.98 Å². The molecular formula is C11H12N4O3S2. The van der Waals surface area contributed by atoms with Gasteiger partial charge < -0.3 is 10.7 Å². The van der Waals surface area contributed by atoms with E-state index in [1.807, 2.05) is 0 Å². The van der Waals surface area contributed by atoms with Crippen LogP contribution in [-0.4, -0.2) is 30.0 Å². The number of aromatic nitrogens is 2. The molecule has 0 radical (unpaired) electrons. The van der Waals surface area contributed by atoms with E-state index in [9.17, 15) is 13.2 Å². The maximum atomic E-state index is 12.1. The summed E-state index contributed by atoms with van der Waals surface area (Å²) in [5.74, 6) is -0.399. The highest BCUT2D eigenvalue weighted by atomic mass is 32.2. The molecule has 106 valence electrons. The third-order valence-corrected chi connectivity index (χ3v) is 4.65. The maximum absolute atomic E-state index is 12.1. The normalized spacial score (nSPS) is 11.2. The number of nitrogens with zero attached hydrogens (tertiary/aromatic N) is 1. The second-order valence-electron chi connectivity index (χ2n) is 3.77. The number of sulfonamides is 1. The van der Waals surface area contributed by atoms with E-state index in [2.05, 4.69) is 14.7 Å². The lowest BCUT2D eigenvalue weighted by molar-refractivity contribution is -0.115. The molecule has 0 aliphatic heterocycles. The van der Waals surface area contributed by atoms with Crippen LogP contribution in [0.15, 0.2) is 46.7 Å². The molecule has 0 saturated carbocycles. The van der Waals surface area contributed by atoms with Gasteiger partial charge in [0.2, 0.25) is 5.91 Å². The van der Waals surface area contributed by atoms with Crippen molar-refractivity contribution in [2.24, 2.45) is 5.73 Å². The molecule has 0 spiro atoms. The summed E-state index contributed by atoms with van der Waals surface area (Å²) in [7, 11) is -3.73. The number of carbonyl (C=O) groups is 1. The quantitative estimate of drug-likeness (QED) is 0.681. The zero-order valence-corrected chi connectivity index (χ0v) is 11.9. The molecular weight excluding hydrogens is 300 g/mol. The van der Waals surface area contributed by atoms with Crippen molar-refractivity contribution in [3.63, 3.8) is 0 Å². The predicted octanol–water partition coefficient (Wildman–Crippen LogP) is 0.788. The second kappa shape index (κ2) is 5.97. The Morgan fingerprint density at radius 2 is 2.15 bits per heavy atom. The number of para-hydroxylation sites is 1. The fourth-order valence-electron chi connectivity index (χ4n) is 1.42. The Kier molecular flexibility index (Phi) is 4.30. The number of H-pyrrole nitrogens is 1. The Bertz CT molecular complexity index is 698. The van der Waals surface area contributed by atoms with Gasteiger partial charge in [0.15, 0.2) is 5.03 Å². The number of anilines is 1. The van der Waals surface area contributed by atoms with Crippen molar-refractivity contribution in [2.75, 3.05) is 10.5 Å². The summed E-state index contributed by atoms with van der Waals surface area (Å²) in [6.07, 6.45) is 2.49. The molecule has 0 atom stereocenters. The van der Waals surface area contributed by atoms with Crippen LogP contribution in [0.3, 0.4) is 0 Å². The van der Waals surface area contributed by atoms with Crippen molar-refractivity contribution in [3.8, 4) is 0 Å². The van der Waals surface area contributed by atoms with Crippen LogP contribution in [0, 0.1) is 0 Å². The summed E-state index contributed by atoms with van der Waals surface area (Å²) in [5, 5.41) is -0.0350. The molecule has 20 heavy (non-hydrogen) atoms. The molecule has 1 aromatic carbocycles. The summed E-state index contributed by atoms with van der Waals surface area (Å²) in [4.78, 5) is 17.6. The van der Waals surface area contributed by atoms with Gasteiger partial charge in [0.05, 0.1) is 24.0 Å². The number of thioether (sulfide) groups is 1. The summed E-state index contributed by atoms with van der Waals surface area (Å²) in [6, 6.07) is 6.76. The van der Waals surface area contributed by atoms with Crippen LogP contribution in [0.25, 0.3) is 0 Å². The van der Waals surface area contributed by atoms with E-state index in [-0.39, 0.29) is 10.8 Å². The van der Waals surface area contributed by atoms with Crippen molar-refractivity contribution in [1.29, 1.82) is 0 Å². The highest BCUT2D eigenvalue weighted by Crippen LogP contribution is 2.28. The lowest BCUT2D eigenvalue weighted by Crippen LogP contribution is -2.15. The lowest BCUT2D eigenvalue weighted by atomic mass is 10.3. The number of carbonyl (C=O) groups excluding carboxylic acids is 1. The third kappa shape index (κ3) is 3.52. The summed E-state index contributed by atoms with van der Waals surface area (Å²) >= 11 is 1.17. The first kappa shape index (κ1) is 14.4. The number of rotatable bonds is 6. The minimum absolute atomic E-state index is 0.0350. The first-order chi connectivity index (χ1) is 9.49. The largest absolute Gasteiger partial charge is 0.369 e. The first-order valence-corrected chi connectivity index (χ1v) is 7.97. The van der Waals surface area contributed by atoms with Gasteiger partial charge in [-0.05, 0) is 12.1 Å². The van der Waals surface area contributed by atoms with Crippen LogP contribution in [0.5, 0.6) is 0 Å². The van der Waals surface area contributed by atoms with E-state index in [1.54, 1.807) is 24.3 Å². The van der Waals surface area contributed by atoms with Crippen LogP contribution in [0.2, 0.25) is 0 Å². The molecule has 9 heteroatoms. The number of hydrogen-bond acceptors (Lipinski definition) is 5. The van der Waals surface area contributed by atoms with Crippen LogP contribution in [0.1, 0.15) is 0 Å². The Balaban J connectivity index is 2.23. The van der Waals surface area contributed by atoms with E-state index in [4.69, 9.17) is 5.73 Å². The molecule has 0 bridgehead atoms. The van der Waals surface area contributed by atoms with Crippen LogP contribution < -0.4 is 10.5 Å². The molecule has 0 unspecified atom stereocenters. The molecule has 2 aromatic rings. The molecule has 1 heterocycles. The number of amides is 1. The number of primary amides is 1. The monoisotopic (exact) mass is 312 g/mol. The lowest BCUT2D eigenvalue weighted by Gasteiger charge is -2.10. The molecule has 0 aliphatic rings. The van der Waals surface area contributed by atoms with Crippen molar-refractivity contribution in [3.05, 3.63) is 36.8 Å².